The number of nitrogens with zero attached hydrogens (tertiary/aromatic N) is 3. The minimum atomic E-state index is 0.323. The maximum absolute atomic E-state index is 6.13. The third-order valence-electron chi connectivity index (χ3n) is 3.25. The van der Waals surface area contributed by atoms with Crippen molar-refractivity contribution in [2.24, 2.45) is 0 Å². The van der Waals surface area contributed by atoms with Gasteiger partial charge < -0.3 is 15.5 Å². The van der Waals surface area contributed by atoms with E-state index in [0.717, 1.165) is 13.1 Å². The number of likely N-dealkylation sites (N-methyl/N-ethyl adjacent to an activating group) is 1. The van der Waals surface area contributed by atoms with Gasteiger partial charge in [-0.1, -0.05) is 23.2 Å². The number of hydrogen-bond acceptors (Lipinski definition) is 4. The summed E-state index contributed by atoms with van der Waals surface area (Å²) in [5.74, 6) is 1.02. The third kappa shape index (κ3) is 3.19. The zero-order valence-corrected chi connectivity index (χ0v) is 12.0. The van der Waals surface area contributed by atoms with E-state index in [4.69, 9.17) is 28.9 Å². The van der Waals surface area contributed by atoms with E-state index in [1.807, 2.05) is 11.9 Å². The molecular weight excluding hydrogens is 271 g/mol. The lowest BCUT2D eigenvalue weighted by Gasteiger charge is -2.23. The Bertz CT molecular complexity index is 419. The van der Waals surface area contributed by atoms with Gasteiger partial charge in [-0.25, -0.2) is 4.98 Å². The molecule has 0 spiro atoms. The van der Waals surface area contributed by atoms with Crippen molar-refractivity contribution in [3.05, 3.63) is 16.1 Å². The standard InChI is InChI=1S/C12H18Cl2N4/c1-17(6-7-18-4-2-3-5-18)12-10(14)8-9(13)11(15)16-12/h8H,2-7H2,1H3,(H2,15,16). The number of anilines is 2. The van der Waals surface area contributed by atoms with Crippen molar-refractivity contribution < 1.29 is 0 Å². The second-order valence-electron chi connectivity index (χ2n) is 4.63. The van der Waals surface area contributed by atoms with Gasteiger partial charge in [0.05, 0.1) is 10.0 Å². The zero-order valence-electron chi connectivity index (χ0n) is 10.5. The Morgan fingerprint density at radius 3 is 2.67 bits per heavy atom. The Hall–Kier alpha value is -0.710. The van der Waals surface area contributed by atoms with Crippen LogP contribution in [0.5, 0.6) is 0 Å². The Kier molecular flexibility index (Phi) is 4.54. The molecule has 1 aliphatic rings. The van der Waals surface area contributed by atoms with Crippen LogP contribution in [0.3, 0.4) is 0 Å². The molecule has 0 unspecified atom stereocenters. The maximum Gasteiger partial charge on any atom is 0.149 e. The summed E-state index contributed by atoms with van der Waals surface area (Å²) < 4.78 is 0. The number of nitrogens with two attached hydrogens (primary N) is 1. The first-order valence-electron chi connectivity index (χ1n) is 6.13. The average Bonchev–Trinajstić information content (AvgIpc) is 2.84. The van der Waals surface area contributed by atoms with Gasteiger partial charge in [0.15, 0.2) is 0 Å². The summed E-state index contributed by atoms with van der Waals surface area (Å²) in [5, 5.41) is 0.940. The van der Waals surface area contributed by atoms with E-state index in [-0.39, 0.29) is 0 Å². The van der Waals surface area contributed by atoms with Crippen LogP contribution in [-0.2, 0) is 0 Å². The van der Waals surface area contributed by atoms with Crippen LogP contribution in [0.15, 0.2) is 6.07 Å². The second-order valence-corrected chi connectivity index (χ2v) is 5.45. The van der Waals surface area contributed by atoms with Gasteiger partial charge in [-0.2, -0.15) is 0 Å². The molecule has 1 aromatic heterocycles. The molecule has 0 aliphatic carbocycles. The molecule has 2 N–H and O–H groups in total. The van der Waals surface area contributed by atoms with E-state index in [1.165, 1.54) is 25.9 Å². The smallest absolute Gasteiger partial charge is 0.149 e. The van der Waals surface area contributed by atoms with Crippen LogP contribution in [0.1, 0.15) is 12.8 Å². The number of rotatable bonds is 4. The van der Waals surface area contributed by atoms with E-state index in [1.54, 1.807) is 6.07 Å². The molecule has 0 amide bonds. The molecule has 100 valence electrons. The van der Waals surface area contributed by atoms with E-state index >= 15 is 0 Å². The molecule has 1 fully saturated rings. The first-order valence-corrected chi connectivity index (χ1v) is 6.88. The Balaban J connectivity index is 1.99. The van der Waals surface area contributed by atoms with Crippen LogP contribution in [0, 0.1) is 0 Å². The normalized spacial score (nSPS) is 16.2. The van der Waals surface area contributed by atoms with Gasteiger partial charge in [-0.15, -0.1) is 0 Å². The summed E-state index contributed by atoms with van der Waals surface area (Å²) in [6.07, 6.45) is 2.60. The van der Waals surface area contributed by atoms with E-state index in [9.17, 15) is 0 Å². The Morgan fingerprint density at radius 2 is 2.00 bits per heavy atom. The highest BCUT2D eigenvalue weighted by Crippen LogP contribution is 2.29. The Morgan fingerprint density at radius 1 is 1.33 bits per heavy atom. The van der Waals surface area contributed by atoms with Crippen LogP contribution in [0.25, 0.3) is 0 Å². The molecule has 18 heavy (non-hydrogen) atoms. The molecular formula is C12H18Cl2N4. The number of hydrogen-bond donors (Lipinski definition) is 1. The fraction of sp³-hybridized carbons (Fsp3) is 0.583. The quantitative estimate of drug-likeness (QED) is 0.925. The van der Waals surface area contributed by atoms with Gasteiger partial charge in [0.1, 0.15) is 11.6 Å². The lowest BCUT2D eigenvalue weighted by Crippen LogP contribution is -2.32. The molecule has 0 radical (unpaired) electrons. The van der Waals surface area contributed by atoms with E-state index in [0.29, 0.717) is 21.7 Å². The van der Waals surface area contributed by atoms with Gasteiger partial charge in [0.25, 0.3) is 0 Å². The lowest BCUT2D eigenvalue weighted by atomic mass is 10.4. The molecule has 2 rings (SSSR count). The summed E-state index contributed by atoms with van der Waals surface area (Å²) in [7, 11) is 1.97. The van der Waals surface area contributed by atoms with Crippen LogP contribution in [-0.4, -0.2) is 43.1 Å². The second kappa shape index (κ2) is 5.95. The first kappa shape index (κ1) is 13.7. The molecule has 1 aliphatic heterocycles. The topological polar surface area (TPSA) is 45.4 Å². The molecule has 0 bridgehead atoms. The van der Waals surface area contributed by atoms with Crippen LogP contribution < -0.4 is 10.6 Å². The molecule has 0 saturated carbocycles. The molecule has 1 aromatic rings. The number of halogens is 2. The summed E-state index contributed by atoms with van der Waals surface area (Å²) >= 11 is 12.0. The summed E-state index contributed by atoms with van der Waals surface area (Å²) in [6, 6.07) is 1.65. The molecule has 0 aromatic carbocycles. The minimum Gasteiger partial charge on any atom is -0.382 e. The average molecular weight is 289 g/mol. The number of nitrogen functional groups attached to an aromatic ring is 1. The third-order valence-corrected chi connectivity index (χ3v) is 3.83. The highest BCUT2D eigenvalue weighted by Gasteiger charge is 2.15. The summed E-state index contributed by atoms with van der Waals surface area (Å²) in [6.45, 7) is 4.29. The number of pyridine rings is 1. The van der Waals surface area contributed by atoms with Crippen molar-refractivity contribution in [1.29, 1.82) is 0 Å². The van der Waals surface area contributed by atoms with Crippen molar-refractivity contribution in [3.63, 3.8) is 0 Å². The molecule has 4 nitrogen and oxygen atoms in total. The fourth-order valence-corrected chi connectivity index (χ4v) is 2.64. The number of likely N-dealkylation sites (tertiary alicyclic amines) is 1. The maximum atomic E-state index is 6.13. The van der Waals surface area contributed by atoms with Crippen molar-refractivity contribution >= 4 is 34.8 Å². The lowest BCUT2D eigenvalue weighted by molar-refractivity contribution is 0.346. The van der Waals surface area contributed by atoms with Crippen molar-refractivity contribution in [2.45, 2.75) is 12.8 Å². The first-order chi connectivity index (χ1) is 8.58. The van der Waals surface area contributed by atoms with E-state index < -0.39 is 0 Å². The van der Waals surface area contributed by atoms with Gasteiger partial charge in [-0.3, -0.25) is 0 Å². The van der Waals surface area contributed by atoms with Gasteiger partial charge in [-0.05, 0) is 32.0 Å². The highest BCUT2D eigenvalue weighted by atomic mass is 35.5. The molecule has 1 saturated heterocycles. The molecule has 6 heteroatoms. The van der Waals surface area contributed by atoms with Crippen LogP contribution in [0.2, 0.25) is 10.0 Å². The van der Waals surface area contributed by atoms with E-state index in [2.05, 4.69) is 9.88 Å². The minimum absolute atomic E-state index is 0.323. The summed E-state index contributed by atoms with van der Waals surface area (Å²) in [5.41, 5.74) is 5.71. The monoisotopic (exact) mass is 288 g/mol. The SMILES string of the molecule is CN(CCN1CCCC1)c1nc(N)c(Cl)cc1Cl. The fourth-order valence-electron chi connectivity index (χ4n) is 2.14. The molecule has 2 heterocycles. The number of aromatic nitrogens is 1. The highest BCUT2D eigenvalue weighted by molar-refractivity contribution is 6.37. The predicted octanol–water partition coefficient (Wildman–Crippen LogP) is 2.50. The van der Waals surface area contributed by atoms with Gasteiger partial charge >= 0.3 is 0 Å². The van der Waals surface area contributed by atoms with Gasteiger partial charge in [0.2, 0.25) is 0 Å². The van der Waals surface area contributed by atoms with Crippen LogP contribution >= 0.6 is 23.2 Å². The largest absolute Gasteiger partial charge is 0.382 e. The summed E-state index contributed by atoms with van der Waals surface area (Å²) in [4.78, 5) is 8.71. The predicted molar refractivity (Wildman–Crippen MR) is 77.6 cm³/mol. The van der Waals surface area contributed by atoms with Gasteiger partial charge in [0, 0.05) is 20.1 Å². The van der Waals surface area contributed by atoms with Crippen molar-refractivity contribution in [3.8, 4) is 0 Å². The zero-order chi connectivity index (χ0) is 13.1. The van der Waals surface area contributed by atoms with Crippen molar-refractivity contribution in [1.82, 2.24) is 9.88 Å². The van der Waals surface area contributed by atoms with Crippen LogP contribution in [0.4, 0.5) is 11.6 Å². The molecule has 0 atom stereocenters. The Labute approximate surface area is 118 Å². The van der Waals surface area contributed by atoms with Crippen molar-refractivity contribution in [2.75, 3.05) is 43.9 Å².